The van der Waals surface area contributed by atoms with Gasteiger partial charge in [0, 0.05) is 13.1 Å². The summed E-state index contributed by atoms with van der Waals surface area (Å²) in [5, 5.41) is -0.130. The van der Waals surface area contributed by atoms with E-state index in [0.717, 1.165) is 16.7 Å². The van der Waals surface area contributed by atoms with Crippen LogP contribution in [0.5, 0.6) is 0 Å². The Hall–Kier alpha value is -1.56. The van der Waals surface area contributed by atoms with E-state index in [1.54, 1.807) is 0 Å². The highest BCUT2D eigenvalue weighted by atomic mass is 35.5. The van der Waals surface area contributed by atoms with E-state index in [0.29, 0.717) is 5.69 Å². The lowest BCUT2D eigenvalue weighted by atomic mass is 10.1. The van der Waals surface area contributed by atoms with Crippen LogP contribution >= 0.6 is 11.6 Å². The zero-order chi connectivity index (χ0) is 15.2. The van der Waals surface area contributed by atoms with Crippen molar-refractivity contribution in [2.75, 3.05) is 0 Å². The molecule has 2 aromatic heterocycles. The monoisotopic (exact) mass is 304 g/mol. The maximum Gasteiger partial charge on any atom is 0.417 e. The van der Waals surface area contributed by atoms with Crippen molar-refractivity contribution in [2.45, 2.75) is 32.9 Å². The number of hydrogen-bond acceptors (Lipinski definition) is 2. The first-order chi connectivity index (χ1) is 9.12. The van der Waals surface area contributed by atoms with E-state index < -0.39 is 11.7 Å². The van der Waals surface area contributed by atoms with Crippen molar-refractivity contribution in [2.24, 2.45) is 0 Å². The number of fused-ring (bicyclic) bond motifs is 1. The molecule has 7 heteroatoms. The van der Waals surface area contributed by atoms with E-state index in [1.807, 2.05) is 13.8 Å². The molecule has 0 amide bonds. The minimum atomic E-state index is -4.53. The van der Waals surface area contributed by atoms with Crippen LogP contribution in [0, 0.1) is 0 Å². The molecule has 0 N–H and O–H groups in total. The standard InChI is InChI=1S/C13H12ClF3N2O/c1-6(2)10-11(7(3)20)19-5-8(13(15,16)17)4-9(14)12(19)18-10/h4-6H,1-3H3. The Labute approximate surface area is 118 Å². The van der Waals surface area contributed by atoms with E-state index in [-0.39, 0.29) is 28.1 Å². The number of nitrogens with zero attached hydrogens (tertiary/aromatic N) is 2. The number of halogens is 4. The second-order valence-electron chi connectivity index (χ2n) is 4.82. The molecule has 0 spiro atoms. The van der Waals surface area contributed by atoms with Gasteiger partial charge >= 0.3 is 6.18 Å². The maximum atomic E-state index is 12.8. The molecule has 0 saturated heterocycles. The molecular formula is C13H12ClF3N2O. The van der Waals surface area contributed by atoms with Crippen LogP contribution in [-0.4, -0.2) is 15.2 Å². The summed E-state index contributed by atoms with van der Waals surface area (Å²) in [5.74, 6) is -0.448. The Bertz CT molecular complexity index is 689. The molecule has 108 valence electrons. The van der Waals surface area contributed by atoms with Crippen LogP contribution in [0.1, 0.15) is 48.4 Å². The summed E-state index contributed by atoms with van der Waals surface area (Å²) in [4.78, 5) is 15.9. The van der Waals surface area contributed by atoms with Crippen molar-refractivity contribution >= 4 is 23.0 Å². The quantitative estimate of drug-likeness (QED) is 0.774. The number of imidazole rings is 1. The van der Waals surface area contributed by atoms with E-state index >= 15 is 0 Å². The van der Waals surface area contributed by atoms with Gasteiger partial charge in [-0.2, -0.15) is 13.2 Å². The van der Waals surface area contributed by atoms with Gasteiger partial charge in [-0.15, -0.1) is 0 Å². The molecule has 3 nitrogen and oxygen atoms in total. The number of carbonyl (C=O) groups excluding carboxylic acids is 1. The zero-order valence-corrected chi connectivity index (χ0v) is 11.8. The van der Waals surface area contributed by atoms with Gasteiger partial charge in [-0.05, 0) is 12.0 Å². The van der Waals surface area contributed by atoms with E-state index in [9.17, 15) is 18.0 Å². The summed E-state index contributed by atoms with van der Waals surface area (Å²) in [6, 6.07) is 0.817. The zero-order valence-electron chi connectivity index (χ0n) is 11.0. The lowest BCUT2D eigenvalue weighted by Gasteiger charge is -2.09. The van der Waals surface area contributed by atoms with Gasteiger partial charge in [-0.1, -0.05) is 25.4 Å². The van der Waals surface area contributed by atoms with Gasteiger partial charge in [0.25, 0.3) is 0 Å². The number of aromatic nitrogens is 2. The first-order valence-corrected chi connectivity index (χ1v) is 6.30. The largest absolute Gasteiger partial charge is 0.417 e. The second kappa shape index (κ2) is 4.77. The Morgan fingerprint density at radius 2 is 2.00 bits per heavy atom. The molecule has 2 rings (SSSR count). The normalized spacial score (nSPS) is 12.4. The van der Waals surface area contributed by atoms with Crippen molar-refractivity contribution in [3.05, 3.63) is 34.2 Å². The number of ketones is 1. The van der Waals surface area contributed by atoms with Crippen molar-refractivity contribution in [3.8, 4) is 0 Å². The number of carbonyl (C=O) groups is 1. The van der Waals surface area contributed by atoms with Gasteiger partial charge in [-0.25, -0.2) is 4.98 Å². The van der Waals surface area contributed by atoms with Gasteiger partial charge in [0.05, 0.1) is 16.3 Å². The van der Waals surface area contributed by atoms with Crippen molar-refractivity contribution in [3.63, 3.8) is 0 Å². The molecule has 0 saturated carbocycles. The summed E-state index contributed by atoms with van der Waals surface area (Å²) < 4.78 is 39.6. The van der Waals surface area contributed by atoms with Crippen molar-refractivity contribution < 1.29 is 18.0 Å². The number of pyridine rings is 1. The maximum absolute atomic E-state index is 12.8. The SMILES string of the molecule is CC(=O)c1c(C(C)C)nc2c(Cl)cc(C(F)(F)F)cn12. The van der Waals surface area contributed by atoms with Gasteiger partial charge in [0.15, 0.2) is 11.4 Å². The molecule has 0 unspecified atom stereocenters. The first-order valence-electron chi connectivity index (χ1n) is 5.92. The Morgan fingerprint density at radius 3 is 2.45 bits per heavy atom. The average Bonchev–Trinajstić information content (AvgIpc) is 2.67. The Kier molecular flexibility index (Phi) is 3.54. The second-order valence-corrected chi connectivity index (χ2v) is 5.23. The van der Waals surface area contributed by atoms with E-state index in [4.69, 9.17) is 11.6 Å². The molecule has 0 aliphatic carbocycles. The number of hydrogen-bond donors (Lipinski definition) is 0. The molecule has 0 bridgehead atoms. The smallest absolute Gasteiger partial charge is 0.295 e. The number of Topliss-reactive ketones (excluding diaryl/α,β-unsaturated/α-hetero) is 1. The van der Waals surface area contributed by atoms with Crippen LogP contribution in [-0.2, 0) is 6.18 Å². The van der Waals surface area contributed by atoms with Crippen LogP contribution in [0.2, 0.25) is 5.02 Å². The third kappa shape index (κ3) is 2.40. The van der Waals surface area contributed by atoms with Gasteiger partial charge in [-0.3, -0.25) is 9.20 Å². The molecule has 0 aliphatic heterocycles. The van der Waals surface area contributed by atoms with Gasteiger partial charge < -0.3 is 0 Å². The molecule has 0 aromatic carbocycles. The summed E-state index contributed by atoms with van der Waals surface area (Å²) >= 11 is 5.87. The molecule has 0 fully saturated rings. The molecule has 2 aromatic rings. The first kappa shape index (κ1) is 14.8. The van der Waals surface area contributed by atoms with Crippen LogP contribution < -0.4 is 0 Å². The molecule has 2 heterocycles. The molecule has 0 aliphatic rings. The fraction of sp³-hybridized carbons (Fsp3) is 0.385. The van der Waals surface area contributed by atoms with E-state index in [2.05, 4.69) is 4.98 Å². The van der Waals surface area contributed by atoms with Crippen LogP contribution in [0.25, 0.3) is 5.65 Å². The lowest BCUT2D eigenvalue weighted by molar-refractivity contribution is -0.137. The molecule has 0 radical (unpaired) electrons. The number of alkyl halides is 3. The van der Waals surface area contributed by atoms with Crippen LogP contribution in [0.4, 0.5) is 13.2 Å². The van der Waals surface area contributed by atoms with Crippen LogP contribution in [0.3, 0.4) is 0 Å². The molecule has 20 heavy (non-hydrogen) atoms. The molecular weight excluding hydrogens is 293 g/mol. The third-order valence-electron chi connectivity index (χ3n) is 2.91. The topological polar surface area (TPSA) is 34.4 Å². The highest BCUT2D eigenvalue weighted by molar-refractivity contribution is 6.33. The highest BCUT2D eigenvalue weighted by Crippen LogP contribution is 2.34. The fourth-order valence-corrected chi connectivity index (χ4v) is 2.28. The van der Waals surface area contributed by atoms with Gasteiger partial charge in [0.1, 0.15) is 5.69 Å². The Balaban J connectivity index is 2.87. The Morgan fingerprint density at radius 1 is 1.40 bits per heavy atom. The highest BCUT2D eigenvalue weighted by Gasteiger charge is 2.33. The molecule has 0 atom stereocenters. The number of rotatable bonds is 2. The third-order valence-corrected chi connectivity index (χ3v) is 3.19. The lowest BCUT2D eigenvalue weighted by Crippen LogP contribution is -2.09. The average molecular weight is 305 g/mol. The van der Waals surface area contributed by atoms with Crippen LogP contribution in [0.15, 0.2) is 12.3 Å². The summed E-state index contributed by atoms with van der Waals surface area (Å²) in [6.45, 7) is 4.92. The fourth-order valence-electron chi connectivity index (χ4n) is 2.03. The van der Waals surface area contributed by atoms with Gasteiger partial charge in [0.2, 0.25) is 0 Å². The summed E-state index contributed by atoms with van der Waals surface area (Å²) in [6.07, 6.45) is -3.68. The minimum absolute atomic E-state index is 0.0980. The van der Waals surface area contributed by atoms with E-state index in [1.165, 1.54) is 6.92 Å². The van der Waals surface area contributed by atoms with Crippen molar-refractivity contribution in [1.29, 1.82) is 0 Å². The predicted octanol–water partition coefficient (Wildman–Crippen LogP) is 4.33. The minimum Gasteiger partial charge on any atom is -0.295 e. The summed E-state index contributed by atoms with van der Waals surface area (Å²) in [5.41, 5.74) is -0.166. The predicted molar refractivity (Wildman–Crippen MR) is 69.3 cm³/mol. The van der Waals surface area contributed by atoms with Crippen molar-refractivity contribution in [1.82, 2.24) is 9.38 Å². The summed E-state index contributed by atoms with van der Waals surface area (Å²) in [7, 11) is 0.